The van der Waals surface area contributed by atoms with Gasteiger partial charge in [0.2, 0.25) is 0 Å². The zero-order valence-corrected chi connectivity index (χ0v) is 10.4. The van der Waals surface area contributed by atoms with E-state index in [1.807, 2.05) is 28.2 Å². The molecule has 3 heteroatoms. The zero-order chi connectivity index (χ0) is 11.3. The minimum atomic E-state index is 0.344. The molecule has 0 amide bonds. The van der Waals surface area contributed by atoms with Gasteiger partial charge in [0.25, 0.3) is 0 Å². The second kappa shape index (κ2) is 6.14. The lowest BCUT2D eigenvalue weighted by atomic mass is 10.0. The van der Waals surface area contributed by atoms with Gasteiger partial charge < -0.3 is 9.80 Å². The van der Waals surface area contributed by atoms with Crippen molar-refractivity contribution in [3.63, 3.8) is 0 Å². The fourth-order valence-corrected chi connectivity index (χ4v) is 1.11. The number of hydrogen-bond donors (Lipinski definition) is 0. The Hall–Kier alpha value is -0.410. The van der Waals surface area contributed by atoms with E-state index < -0.39 is 0 Å². The molecule has 0 fully saturated rings. The highest BCUT2D eigenvalue weighted by Crippen LogP contribution is 2.06. The Kier molecular flexibility index (Phi) is 5.96. The molecule has 0 aliphatic carbocycles. The summed E-state index contributed by atoms with van der Waals surface area (Å²) in [6.45, 7) is 4.16. The van der Waals surface area contributed by atoms with Crippen molar-refractivity contribution >= 4 is 5.78 Å². The van der Waals surface area contributed by atoms with Crippen molar-refractivity contribution in [2.75, 3.05) is 28.2 Å². The Morgan fingerprint density at radius 1 is 0.929 bits per heavy atom. The quantitative estimate of drug-likeness (QED) is 0.644. The van der Waals surface area contributed by atoms with Gasteiger partial charge in [-0.25, -0.2) is 0 Å². The predicted octanol–water partition coefficient (Wildman–Crippen LogP) is 1.24. The maximum atomic E-state index is 11.6. The van der Waals surface area contributed by atoms with Gasteiger partial charge in [-0.2, -0.15) is 0 Å². The Morgan fingerprint density at radius 3 is 1.43 bits per heavy atom. The summed E-state index contributed by atoms with van der Waals surface area (Å²) in [4.78, 5) is 15.8. The molecular weight excluding hydrogens is 176 g/mol. The second-order valence-corrected chi connectivity index (χ2v) is 4.57. The Balaban J connectivity index is 3.87. The molecule has 2 unspecified atom stereocenters. The first-order chi connectivity index (χ1) is 6.34. The summed E-state index contributed by atoms with van der Waals surface area (Å²) < 4.78 is 0. The van der Waals surface area contributed by atoms with Gasteiger partial charge in [0.15, 0.2) is 0 Å². The normalized spacial score (nSPS) is 16.0. The molecule has 0 aliphatic rings. The van der Waals surface area contributed by atoms with E-state index in [1.165, 1.54) is 0 Å². The van der Waals surface area contributed by atoms with Crippen molar-refractivity contribution in [1.29, 1.82) is 0 Å². The number of carbonyl (C=O) groups excluding carboxylic acids is 1. The molecule has 0 spiro atoms. The highest BCUT2D eigenvalue weighted by Gasteiger charge is 2.14. The zero-order valence-electron chi connectivity index (χ0n) is 10.4. The highest BCUT2D eigenvalue weighted by molar-refractivity contribution is 5.79. The van der Waals surface area contributed by atoms with Crippen LogP contribution in [0.3, 0.4) is 0 Å². The third kappa shape index (κ3) is 5.35. The number of Topliss-reactive ketones (excluding diaryl/α,β-unsaturated/α-hetero) is 1. The van der Waals surface area contributed by atoms with Crippen molar-refractivity contribution in [1.82, 2.24) is 9.80 Å². The van der Waals surface area contributed by atoms with Crippen LogP contribution in [0.15, 0.2) is 0 Å². The van der Waals surface area contributed by atoms with Crippen LogP contribution in [0.1, 0.15) is 26.7 Å². The molecule has 0 aromatic rings. The maximum absolute atomic E-state index is 11.6. The molecular formula is C11H24N2O. The summed E-state index contributed by atoms with van der Waals surface area (Å²) in [5.41, 5.74) is 0. The molecule has 14 heavy (non-hydrogen) atoms. The minimum absolute atomic E-state index is 0.344. The van der Waals surface area contributed by atoms with E-state index in [-0.39, 0.29) is 0 Å². The number of nitrogens with zero attached hydrogens (tertiary/aromatic N) is 2. The van der Waals surface area contributed by atoms with Crippen LogP contribution in [0.2, 0.25) is 0 Å². The summed E-state index contributed by atoms with van der Waals surface area (Å²) in [7, 11) is 8.03. The molecule has 0 bridgehead atoms. The number of rotatable bonds is 6. The molecule has 0 heterocycles. The average molecular weight is 200 g/mol. The summed E-state index contributed by atoms with van der Waals surface area (Å²) in [5, 5.41) is 0. The van der Waals surface area contributed by atoms with Gasteiger partial charge in [0.1, 0.15) is 5.78 Å². The first-order valence-electron chi connectivity index (χ1n) is 5.19. The van der Waals surface area contributed by atoms with E-state index in [9.17, 15) is 4.79 Å². The van der Waals surface area contributed by atoms with Crippen LogP contribution in [0.5, 0.6) is 0 Å². The van der Waals surface area contributed by atoms with Gasteiger partial charge >= 0.3 is 0 Å². The fourth-order valence-electron chi connectivity index (χ4n) is 1.11. The van der Waals surface area contributed by atoms with Crippen molar-refractivity contribution < 1.29 is 4.79 Å². The van der Waals surface area contributed by atoms with Crippen molar-refractivity contribution in [3.8, 4) is 0 Å². The van der Waals surface area contributed by atoms with Crippen LogP contribution in [-0.4, -0.2) is 55.9 Å². The molecule has 0 aromatic heterocycles. The first kappa shape index (κ1) is 13.6. The molecule has 0 saturated carbocycles. The van der Waals surface area contributed by atoms with Crippen LogP contribution >= 0.6 is 0 Å². The minimum Gasteiger partial charge on any atom is -0.306 e. The molecule has 0 radical (unpaired) electrons. The van der Waals surface area contributed by atoms with Crippen LogP contribution < -0.4 is 0 Å². The lowest BCUT2D eigenvalue weighted by Gasteiger charge is -2.22. The molecule has 0 aliphatic heterocycles. The van der Waals surface area contributed by atoms with Gasteiger partial charge in [-0.15, -0.1) is 0 Å². The molecule has 2 atom stereocenters. The van der Waals surface area contributed by atoms with Crippen molar-refractivity contribution in [2.45, 2.75) is 38.8 Å². The smallest absolute Gasteiger partial charge is 0.136 e. The van der Waals surface area contributed by atoms with Gasteiger partial charge in [0, 0.05) is 24.9 Å². The topological polar surface area (TPSA) is 23.6 Å². The van der Waals surface area contributed by atoms with Crippen LogP contribution in [0.4, 0.5) is 0 Å². The summed E-state index contributed by atoms with van der Waals surface area (Å²) in [5.74, 6) is 0.354. The fraction of sp³-hybridized carbons (Fsp3) is 0.909. The summed E-state index contributed by atoms with van der Waals surface area (Å²) in [6.07, 6.45) is 1.32. The number of carbonyl (C=O) groups is 1. The standard InChI is InChI=1S/C11H24N2O/c1-9(12(3)4)7-11(14)8-10(2)13(5)6/h9-10H,7-8H2,1-6H3. The molecule has 84 valence electrons. The van der Waals surface area contributed by atoms with E-state index in [1.54, 1.807) is 0 Å². The van der Waals surface area contributed by atoms with E-state index in [0.29, 0.717) is 30.7 Å². The van der Waals surface area contributed by atoms with Crippen LogP contribution in [-0.2, 0) is 4.79 Å². The summed E-state index contributed by atoms with van der Waals surface area (Å²) >= 11 is 0. The maximum Gasteiger partial charge on any atom is 0.136 e. The van der Waals surface area contributed by atoms with Crippen molar-refractivity contribution in [3.05, 3.63) is 0 Å². The Labute approximate surface area is 88.1 Å². The van der Waals surface area contributed by atoms with E-state index >= 15 is 0 Å². The van der Waals surface area contributed by atoms with E-state index in [2.05, 4.69) is 23.6 Å². The van der Waals surface area contributed by atoms with Crippen LogP contribution in [0.25, 0.3) is 0 Å². The van der Waals surface area contributed by atoms with E-state index in [4.69, 9.17) is 0 Å². The number of ketones is 1. The Morgan fingerprint density at radius 2 is 1.21 bits per heavy atom. The molecule has 0 N–H and O–H groups in total. The van der Waals surface area contributed by atoms with Gasteiger partial charge in [-0.3, -0.25) is 4.79 Å². The van der Waals surface area contributed by atoms with Crippen molar-refractivity contribution in [2.24, 2.45) is 0 Å². The lowest BCUT2D eigenvalue weighted by Crippen LogP contribution is -2.31. The largest absolute Gasteiger partial charge is 0.306 e. The molecule has 3 nitrogen and oxygen atoms in total. The second-order valence-electron chi connectivity index (χ2n) is 4.57. The monoisotopic (exact) mass is 200 g/mol. The Bertz CT molecular complexity index is 160. The number of hydrogen-bond acceptors (Lipinski definition) is 3. The van der Waals surface area contributed by atoms with Gasteiger partial charge in [-0.1, -0.05) is 0 Å². The van der Waals surface area contributed by atoms with E-state index in [0.717, 1.165) is 0 Å². The molecule has 0 saturated heterocycles. The first-order valence-corrected chi connectivity index (χ1v) is 5.19. The lowest BCUT2D eigenvalue weighted by molar-refractivity contribution is -0.120. The summed E-state index contributed by atoms with van der Waals surface area (Å²) in [6, 6.07) is 0.689. The highest BCUT2D eigenvalue weighted by atomic mass is 16.1. The third-order valence-corrected chi connectivity index (χ3v) is 2.81. The van der Waals surface area contributed by atoms with Gasteiger partial charge in [-0.05, 0) is 42.0 Å². The molecule has 0 aromatic carbocycles. The third-order valence-electron chi connectivity index (χ3n) is 2.81. The SMILES string of the molecule is CC(CC(=O)CC(C)N(C)C)N(C)C. The average Bonchev–Trinajstić information content (AvgIpc) is 2.03. The predicted molar refractivity (Wildman–Crippen MR) is 60.5 cm³/mol. The van der Waals surface area contributed by atoms with Crippen LogP contribution in [0, 0.1) is 0 Å². The molecule has 0 rings (SSSR count). The van der Waals surface area contributed by atoms with Gasteiger partial charge in [0.05, 0.1) is 0 Å².